The SMILES string of the molecule is CC1C=CC(c2cc(-c3cc4ccccc4c4ccccc34)cc(C3NC(c4ccccc4)NC(c4ccccc4)N3)c2)=C(C(C)(C)C)N1. The zero-order valence-electron chi connectivity index (χ0n) is 28.7. The molecule has 0 saturated carbocycles. The fourth-order valence-electron chi connectivity index (χ4n) is 7.47. The standard InChI is InChI=1S/C45H44N4/c1-29-23-24-37(41(46-29)45(2,3)4)33-25-34(40-28-32-19-11-12-20-36(32)38-21-13-14-22-39(38)40)27-35(26-33)44-48-42(30-15-7-5-8-16-30)47-43(49-44)31-17-9-6-10-18-31/h5-29,42-44,46-49H,1-4H3. The molecule has 3 atom stereocenters. The smallest absolute Gasteiger partial charge is 0.0865 e. The van der Waals surface area contributed by atoms with Gasteiger partial charge in [-0.15, -0.1) is 0 Å². The maximum absolute atomic E-state index is 3.94. The van der Waals surface area contributed by atoms with E-state index < -0.39 is 0 Å². The van der Waals surface area contributed by atoms with E-state index in [0.717, 1.165) is 0 Å². The monoisotopic (exact) mass is 640 g/mol. The van der Waals surface area contributed by atoms with Crippen molar-refractivity contribution in [1.29, 1.82) is 0 Å². The Bertz CT molecular complexity index is 2150. The summed E-state index contributed by atoms with van der Waals surface area (Å²) < 4.78 is 0. The van der Waals surface area contributed by atoms with Crippen molar-refractivity contribution in [1.82, 2.24) is 21.3 Å². The lowest BCUT2D eigenvalue weighted by Gasteiger charge is -2.40. The second-order valence-electron chi connectivity index (χ2n) is 14.5. The molecule has 6 aromatic rings. The molecule has 8 rings (SSSR count). The second kappa shape index (κ2) is 12.8. The van der Waals surface area contributed by atoms with Crippen molar-refractivity contribution in [2.75, 3.05) is 0 Å². The van der Waals surface area contributed by atoms with E-state index in [4.69, 9.17) is 0 Å². The van der Waals surface area contributed by atoms with Gasteiger partial charge in [0.05, 0.1) is 18.5 Å². The molecule has 2 aliphatic heterocycles. The first-order valence-corrected chi connectivity index (χ1v) is 17.5. The highest BCUT2D eigenvalue weighted by atomic mass is 15.4. The van der Waals surface area contributed by atoms with Crippen molar-refractivity contribution in [2.45, 2.75) is 52.2 Å². The highest BCUT2D eigenvalue weighted by Gasteiger charge is 2.31. The molecule has 0 radical (unpaired) electrons. The van der Waals surface area contributed by atoms with Gasteiger partial charge in [-0.2, -0.15) is 0 Å². The molecule has 2 aliphatic rings. The molecule has 0 aromatic heterocycles. The molecular formula is C45H44N4. The van der Waals surface area contributed by atoms with Crippen LogP contribution in [-0.4, -0.2) is 6.04 Å². The van der Waals surface area contributed by atoms with Crippen LogP contribution in [0.2, 0.25) is 0 Å². The van der Waals surface area contributed by atoms with E-state index in [9.17, 15) is 0 Å². The van der Waals surface area contributed by atoms with E-state index in [1.54, 1.807) is 0 Å². The van der Waals surface area contributed by atoms with E-state index in [1.165, 1.54) is 66.2 Å². The third kappa shape index (κ3) is 6.20. The molecule has 4 N–H and O–H groups in total. The zero-order chi connectivity index (χ0) is 33.5. The maximum Gasteiger partial charge on any atom is 0.0865 e. The van der Waals surface area contributed by atoms with Gasteiger partial charge in [0, 0.05) is 22.7 Å². The van der Waals surface area contributed by atoms with Gasteiger partial charge in [-0.3, -0.25) is 16.0 Å². The van der Waals surface area contributed by atoms with Crippen LogP contribution in [0.3, 0.4) is 0 Å². The Labute approximate surface area is 290 Å². The van der Waals surface area contributed by atoms with Crippen LogP contribution < -0.4 is 21.3 Å². The zero-order valence-corrected chi connectivity index (χ0v) is 28.7. The van der Waals surface area contributed by atoms with Gasteiger partial charge in [-0.25, -0.2) is 0 Å². The largest absolute Gasteiger partial charge is 0.381 e. The molecular weight excluding hydrogens is 597 g/mol. The van der Waals surface area contributed by atoms with Gasteiger partial charge in [-0.1, -0.05) is 142 Å². The molecule has 4 nitrogen and oxygen atoms in total. The molecule has 1 fully saturated rings. The van der Waals surface area contributed by atoms with Crippen molar-refractivity contribution in [3.63, 3.8) is 0 Å². The van der Waals surface area contributed by atoms with Crippen molar-refractivity contribution < 1.29 is 0 Å². The summed E-state index contributed by atoms with van der Waals surface area (Å²) in [5, 5.41) is 20.6. The van der Waals surface area contributed by atoms with Gasteiger partial charge >= 0.3 is 0 Å². The molecule has 0 aliphatic carbocycles. The van der Waals surface area contributed by atoms with Crippen molar-refractivity contribution >= 4 is 27.1 Å². The summed E-state index contributed by atoms with van der Waals surface area (Å²) in [6.07, 6.45) is 4.38. The number of fused-ring (bicyclic) bond motifs is 3. The summed E-state index contributed by atoms with van der Waals surface area (Å²) in [6.45, 7) is 9.12. The predicted octanol–water partition coefficient (Wildman–Crippen LogP) is 10.1. The minimum absolute atomic E-state index is 0.0484. The second-order valence-corrected chi connectivity index (χ2v) is 14.5. The van der Waals surface area contributed by atoms with Crippen molar-refractivity contribution in [3.8, 4) is 11.1 Å². The average Bonchev–Trinajstić information content (AvgIpc) is 3.14. The summed E-state index contributed by atoms with van der Waals surface area (Å²) in [5.41, 5.74) is 9.72. The number of benzene rings is 6. The lowest BCUT2D eigenvalue weighted by atomic mass is 9.82. The van der Waals surface area contributed by atoms with Crippen LogP contribution >= 0.6 is 0 Å². The molecule has 2 heterocycles. The van der Waals surface area contributed by atoms with Crippen LogP contribution in [-0.2, 0) is 0 Å². The molecule has 3 unspecified atom stereocenters. The first kappa shape index (κ1) is 31.3. The topological polar surface area (TPSA) is 48.1 Å². The van der Waals surface area contributed by atoms with Gasteiger partial charge in [0.1, 0.15) is 0 Å². The summed E-state index contributed by atoms with van der Waals surface area (Å²) in [7, 11) is 0. The number of hydrogen-bond acceptors (Lipinski definition) is 4. The molecule has 0 bridgehead atoms. The van der Waals surface area contributed by atoms with Crippen molar-refractivity contribution in [2.24, 2.45) is 5.41 Å². The number of dihydropyridines is 1. The lowest BCUT2D eigenvalue weighted by Crippen LogP contribution is -2.54. The van der Waals surface area contributed by atoms with E-state index in [1.807, 2.05) is 0 Å². The van der Waals surface area contributed by atoms with Crippen LogP contribution in [0, 0.1) is 5.41 Å². The van der Waals surface area contributed by atoms with Gasteiger partial charge < -0.3 is 5.32 Å². The highest BCUT2D eigenvalue weighted by molar-refractivity contribution is 6.13. The number of allylic oxidation sites excluding steroid dienone is 3. The van der Waals surface area contributed by atoms with Crippen LogP contribution in [0.1, 0.15) is 68.4 Å². The molecule has 1 saturated heterocycles. The van der Waals surface area contributed by atoms with Crippen LogP contribution in [0.15, 0.2) is 151 Å². The number of nitrogens with one attached hydrogen (secondary N) is 4. The molecule has 0 spiro atoms. The third-order valence-corrected chi connectivity index (χ3v) is 9.89. The summed E-state index contributed by atoms with van der Waals surface area (Å²) >= 11 is 0. The lowest BCUT2D eigenvalue weighted by molar-refractivity contribution is 0.203. The Kier molecular flexibility index (Phi) is 8.17. The molecule has 4 heteroatoms. The Balaban J connectivity index is 1.34. The molecule has 49 heavy (non-hydrogen) atoms. The molecule has 244 valence electrons. The summed E-state index contributed by atoms with van der Waals surface area (Å²) in [5.74, 6) is 0. The predicted molar refractivity (Wildman–Crippen MR) is 206 cm³/mol. The first-order chi connectivity index (χ1) is 23.8. The highest BCUT2D eigenvalue weighted by Crippen LogP contribution is 2.40. The minimum Gasteiger partial charge on any atom is -0.381 e. The van der Waals surface area contributed by atoms with Gasteiger partial charge in [-0.05, 0) is 86.1 Å². The Morgan fingerprint density at radius 1 is 0.510 bits per heavy atom. The molecule has 6 aromatic carbocycles. The number of hydrogen-bond donors (Lipinski definition) is 4. The summed E-state index contributed by atoms with van der Waals surface area (Å²) in [4.78, 5) is 0. The van der Waals surface area contributed by atoms with E-state index in [-0.39, 0.29) is 30.0 Å². The number of rotatable bonds is 5. The fraction of sp³-hybridized carbons (Fsp3) is 0.200. The fourth-order valence-corrected chi connectivity index (χ4v) is 7.47. The molecule has 0 amide bonds. The first-order valence-electron chi connectivity index (χ1n) is 17.5. The van der Waals surface area contributed by atoms with Crippen molar-refractivity contribution in [3.05, 3.63) is 174 Å². The quantitative estimate of drug-likeness (QED) is 0.142. The van der Waals surface area contributed by atoms with Gasteiger partial charge in [0.25, 0.3) is 0 Å². The maximum atomic E-state index is 3.94. The normalized spacial score (nSPS) is 21.2. The van der Waals surface area contributed by atoms with Crippen LogP contribution in [0.4, 0.5) is 0 Å². The van der Waals surface area contributed by atoms with Gasteiger partial charge in [0.2, 0.25) is 0 Å². The Hall–Kier alpha value is -5.00. The Morgan fingerprint density at radius 2 is 1.04 bits per heavy atom. The van der Waals surface area contributed by atoms with E-state index in [0.29, 0.717) is 0 Å². The Morgan fingerprint density at radius 3 is 1.67 bits per heavy atom. The van der Waals surface area contributed by atoms with E-state index in [2.05, 4.69) is 195 Å². The van der Waals surface area contributed by atoms with Crippen LogP contribution in [0.5, 0.6) is 0 Å². The summed E-state index contributed by atoms with van der Waals surface area (Å²) in [6, 6.07) is 48.8. The van der Waals surface area contributed by atoms with Crippen LogP contribution in [0.25, 0.3) is 38.2 Å². The van der Waals surface area contributed by atoms with Gasteiger partial charge in [0.15, 0.2) is 0 Å². The third-order valence-electron chi connectivity index (χ3n) is 9.89. The average molecular weight is 641 g/mol. The minimum atomic E-state index is -0.125. The van der Waals surface area contributed by atoms with E-state index >= 15 is 0 Å².